The van der Waals surface area contributed by atoms with Crippen molar-refractivity contribution in [3.63, 3.8) is 0 Å². The number of pyridine rings is 1. The molecule has 0 spiro atoms. The van der Waals surface area contributed by atoms with E-state index in [0.29, 0.717) is 11.5 Å². The van der Waals surface area contributed by atoms with Crippen LogP contribution in [-0.2, 0) is 0 Å². The van der Waals surface area contributed by atoms with Crippen molar-refractivity contribution in [3.05, 3.63) is 151 Å². The van der Waals surface area contributed by atoms with Crippen LogP contribution >= 0.6 is 0 Å². The molecule has 0 fully saturated rings. The summed E-state index contributed by atoms with van der Waals surface area (Å²) in [4.78, 5) is 13.9. The zero-order valence-electron chi connectivity index (χ0n) is 24.9. The number of nitrogens with zero attached hydrogens (tertiary/aromatic N) is 5. The molecule has 0 aliphatic carbocycles. The Bertz CT molecular complexity index is 2920. The molecule has 0 aliphatic heterocycles. The SMILES string of the molecule is [C-]#[N+]c1ccc2c3cc(-c4cccc(-c5nc6ccccc6c6nc7oc8ccccc8n7c56)c4)ccc3n(-c3ccccc3)c2c1. The van der Waals surface area contributed by atoms with E-state index in [4.69, 9.17) is 21.0 Å². The summed E-state index contributed by atoms with van der Waals surface area (Å²) in [5.41, 5.74) is 12.3. The van der Waals surface area contributed by atoms with E-state index in [2.05, 4.69) is 86.6 Å². The van der Waals surface area contributed by atoms with Gasteiger partial charge in [0.2, 0.25) is 0 Å². The van der Waals surface area contributed by atoms with E-state index in [9.17, 15) is 0 Å². The monoisotopic (exact) mass is 601 g/mol. The van der Waals surface area contributed by atoms with Gasteiger partial charge in [-0.3, -0.25) is 4.40 Å². The number of rotatable bonds is 3. The quantitative estimate of drug-likeness (QED) is 0.189. The second kappa shape index (κ2) is 9.64. The Kier molecular flexibility index (Phi) is 5.25. The minimum Gasteiger partial charge on any atom is -0.423 e. The minimum atomic E-state index is 0.554. The van der Waals surface area contributed by atoms with Gasteiger partial charge < -0.3 is 8.98 Å². The lowest BCUT2D eigenvalue weighted by atomic mass is 9.99. The molecule has 10 aromatic rings. The number of para-hydroxylation sites is 4. The Morgan fingerprint density at radius 3 is 2.30 bits per heavy atom. The first-order chi connectivity index (χ1) is 23.2. The average molecular weight is 602 g/mol. The van der Waals surface area contributed by atoms with Gasteiger partial charge in [-0.05, 0) is 65.7 Å². The summed E-state index contributed by atoms with van der Waals surface area (Å²) in [6.07, 6.45) is 0. The van der Waals surface area contributed by atoms with Crippen LogP contribution in [0.4, 0.5) is 5.69 Å². The Hall–Kier alpha value is -6.71. The highest BCUT2D eigenvalue weighted by Gasteiger charge is 2.21. The third-order valence-electron chi connectivity index (χ3n) is 9.13. The van der Waals surface area contributed by atoms with E-state index in [0.717, 1.165) is 82.9 Å². The van der Waals surface area contributed by atoms with Gasteiger partial charge in [0.25, 0.3) is 0 Å². The standard InChI is InChI=1S/C41H23N5O/c1-42-28-19-20-30-32-23-26(18-21-34(32)45(36(30)24-28)29-12-3-2-4-13-29)25-10-9-11-27(22-25)38-40-39(31-14-5-6-15-33(31)43-38)44-41-46(40)35-16-7-8-17-37(35)47-41/h2-24H. The Morgan fingerprint density at radius 2 is 1.38 bits per heavy atom. The van der Waals surface area contributed by atoms with Crippen molar-refractivity contribution >= 4 is 66.4 Å². The lowest BCUT2D eigenvalue weighted by molar-refractivity contribution is 0.643. The minimum absolute atomic E-state index is 0.554. The largest absolute Gasteiger partial charge is 0.423 e. The van der Waals surface area contributed by atoms with Crippen LogP contribution in [-0.4, -0.2) is 18.9 Å². The van der Waals surface area contributed by atoms with E-state index >= 15 is 0 Å². The van der Waals surface area contributed by atoms with Crippen LogP contribution in [0.5, 0.6) is 0 Å². The maximum atomic E-state index is 7.63. The summed E-state index contributed by atoms with van der Waals surface area (Å²) in [6.45, 7) is 7.63. The van der Waals surface area contributed by atoms with Gasteiger partial charge in [-0.25, -0.2) is 9.83 Å². The molecule has 0 radical (unpaired) electrons. The molecule has 0 aliphatic rings. The van der Waals surface area contributed by atoms with Crippen molar-refractivity contribution in [1.82, 2.24) is 18.9 Å². The highest BCUT2D eigenvalue weighted by atomic mass is 16.4. The van der Waals surface area contributed by atoms with Crippen molar-refractivity contribution in [1.29, 1.82) is 0 Å². The van der Waals surface area contributed by atoms with Crippen LogP contribution in [0.1, 0.15) is 0 Å². The molecular weight excluding hydrogens is 578 g/mol. The van der Waals surface area contributed by atoms with Crippen molar-refractivity contribution in [3.8, 4) is 28.1 Å². The fraction of sp³-hybridized carbons (Fsp3) is 0. The molecular formula is C41H23N5O. The molecule has 218 valence electrons. The molecule has 0 saturated carbocycles. The van der Waals surface area contributed by atoms with Crippen LogP contribution in [0.25, 0.3) is 93.6 Å². The number of fused-ring (bicyclic) bond motifs is 10. The van der Waals surface area contributed by atoms with Crippen molar-refractivity contribution < 1.29 is 4.42 Å². The van der Waals surface area contributed by atoms with Crippen molar-refractivity contribution in [2.45, 2.75) is 0 Å². The smallest absolute Gasteiger partial charge is 0.307 e. The second-order valence-electron chi connectivity index (χ2n) is 11.8. The molecule has 0 N–H and O–H groups in total. The van der Waals surface area contributed by atoms with Gasteiger partial charge in [-0.1, -0.05) is 84.9 Å². The Labute approximate surface area is 268 Å². The maximum Gasteiger partial charge on any atom is 0.307 e. The molecule has 0 atom stereocenters. The summed E-state index contributed by atoms with van der Waals surface area (Å²) in [5.74, 6) is 0.554. The summed E-state index contributed by atoms with van der Waals surface area (Å²) in [5, 5.41) is 3.24. The van der Waals surface area contributed by atoms with E-state index in [-0.39, 0.29) is 0 Å². The van der Waals surface area contributed by atoms with Crippen LogP contribution in [0, 0.1) is 6.57 Å². The van der Waals surface area contributed by atoms with Crippen molar-refractivity contribution in [2.75, 3.05) is 0 Å². The predicted octanol–water partition coefficient (Wildman–Crippen LogP) is 10.8. The molecule has 4 heterocycles. The topological polar surface area (TPSA) is 52.6 Å². The number of hydrogen-bond acceptors (Lipinski definition) is 3. The normalized spacial score (nSPS) is 11.8. The van der Waals surface area contributed by atoms with E-state index in [1.807, 2.05) is 66.7 Å². The zero-order chi connectivity index (χ0) is 31.1. The Balaban J connectivity index is 1.21. The summed E-state index contributed by atoms with van der Waals surface area (Å²) in [6, 6.07) is 47.7. The first-order valence-electron chi connectivity index (χ1n) is 15.5. The van der Waals surface area contributed by atoms with Gasteiger partial charge >= 0.3 is 5.84 Å². The summed E-state index contributed by atoms with van der Waals surface area (Å²) < 4.78 is 10.5. The van der Waals surface area contributed by atoms with E-state index in [1.54, 1.807) is 0 Å². The zero-order valence-corrected chi connectivity index (χ0v) is 24.9. The Morgan fingerprint density at radius 1 is 0.574 bits per heavy atom. The van der Waals surface area contributed by atoms with E-state index in [1.165, 1.54) is 0 Å². The fourth-order valence-corrected chi connectivity index (χ4v) is 7.03. The van der Waals surface area contributed by atoms with Gasteiger partial charge in [0, 0.05) is 32.9 Å². The first-order valence-corrected chi connectivity index (χ1v) is 15.5. The second-order valence-corrected chi connectivity index (χ2v) is 11.8. The number of oxazole rings is 1. The van der Waals surface area contributed by atoms with E-state index < -0.39 is 0 Å². The van der Waals surface area contributed by atoms with Gasteiger partial charge in [-0.2, -0.15) is 4.98 Å². The summed E-state index contributed by atoms with van der Waals surface area (Å²) >= 11 is 0. The molecule has 6 heteroatoms. The van der Waals surface area contributed by atoms with Crippen LogP contribution < -0.4 is 0 Å². The number of benzene rings is 6. The van der Waals surface area contributed by atoms with Gasteiger partial charge in [0.1, 0.15) is 11.0 Å². The summed E-state index contributed by atoms with van der Waals surface area (Å²) in [7, 11) is 0. The van der Waals surface area contributed by atoms with Crippen LogP contribution in [0.3, 0.4) is 0 Å². The molecule has 47 heavy (non-hydrogen) atoms. The third kappa shape index (κ3) is 3.71. The van der Waals surface area contributed by atoms with Gasteiger partial charge in [-0.15, -0.1) is 0 Å². The number of aromatic nitrogens is 4. The van der Waals surface area contributed by atoms with Gasteiger partial charge in [0.05, 0.1) is 28.8 Å². The number of hydrogen-bond donors (Lipinski definition) is 0. The molecule has 0 saturated heterocycles. The molecule has 0 bridgehead atoms. The maximum absolute atomic E-state index is 7.63. The van der Waals surface area contributed by atoms with Crippen LogP contribution in [0.15, 0.2) is 144 Å². The molecule has 4 aromatic heterocycles. The fourth-order valence-electron chi connectivity index (χ4n) is 7.03. The lowest BCUT2D eigenvalue weighted by Crippen LogP contribution is -1.93. The number of imidazole rings is 1. The highest BCUT2D eigenvalue weighted by Crippen LogP contribution is 2.39. The first kappa shape index (κ1) is 25.6. The van der Waals surface area contributed by atoms with Gasteiger partial charge in [0.15, 0.2) is 11.3 Å². The third-order valence-corrected chi connectivity index (χ3v) is 9.13. The molecule has 6 aromatic carbocycles. The molecule has 0 unspecified atom stereocenters. The average Bonchev–Trinajstić information content (AvgIpc) is 3.79. The lowest BCUT2D eigenvalue weighted by Gasteiger charge is -2.10. The highest BCUT2D eigenvalue weighted by molar-refractivity contribution is 6.12. The predicted molar refractivity (Wildman–Crippen MR) is 189 cm³/mol. The van der Waals surface area contributed by atoms with Crippen LogP contribution in [0.2, 0.25) is 0 Å². The molecule has 10 rings (SSSR count). The molecule has 0 amide bonds. The van der Waals surface area contributed by atoms with Crippen molar-refractivity contribution in [2.24, 2.45) is 0 Å². The molecule has 6 nitrogen and oxygen atoms in total.